The number of nitrogens with zero attached hydrogens (tertiary/aromatic N) is 1. The smallest absolute Gasteiger partial charge is 0.249 e. The van der Waals surface area contributed by atoms with Crippen molar-refractivity contribution in [3.8, 4) is 0 Å². The number of Topliss-reactive ketones (excluding diaryl/α,β-unsaturated/α-hetero) is 1. The molecule has 0 aromatic carbocycles. The molecule has 0 aliphatic carbocycles. The Morgan fingerprint density at radius 1 is 1.75 bits per heavy atom. The van der Waals surface area contributed by atoms with E-state index in [1.54, 1.807) is 0 Å². The largest absolute Gasteiger partial charge is 0.298 e. The highest BCUT2D eigenvalue weighted by Crippen LogP contribution is 2.16. The third kappa shape index (κ3) is 2.04. The Balaban J connectivity index is 2.46. The van der Waals surface area contributed by atoms with Crippen LogP contribution in [0.4, 0.5) is 0 Å². The number of amides is 1. The Kier molecular flexibility index (Phi) is 2.81. The van der Waals surface area contributed by atoms with E-state index in [-0.39, 0.29) is 24.3 Å². The Morgan fingerprint density at radius 3 is 2.83 bits per heavy atom. The first-order chi connectivity index (χ1) is 5.63. The minimum Gasteiger partial charge on any atom is -0.298 e. The maximum Gasteiger partial charge on any atom is 0.249 e. The van der Waals surface area contributed by atoms with Crippen molar-refractivity contribution in [2.45, 2.75) is 32.8 Å². The van der Waals surface area contributed by atoms with Gasteiger partial charge < -0.3 is 0 Å². The van der Waals surface area contributed by atoms with Crippen molar-refractivity contribution in [1.29, 1.82) is 0 Å². The predicted molar refractivity (Wildman–Crippen MR) is 42.2 cm³/mol. The molecule has 4 heteroatoms. The van der Waals surface area contributed by atoms with Gasteiger partial charge in [-0.2, -0.15) is 0 Å². The van der Waals surface area contributed by atoms with E-state index in [2.05, 4.69) is 0 Å². The van der Waals surface area contributed by atoms with Crippen LogP contribution in [0.25, 0.3) is 0 Å². The van der Waals surface area contributed by atoms with Crippen LogP contribution >= 0.6 is 0 Å². The van der Waals surface area contributed by atoms with Gasteiger partial charge in [0.25, 0.3) is 0 Å². The molecule has 1 unspecified atom stereocenters. The minimum atomic E-state index is -0.0861. The summed E-state index contributed by atoms with van der Waals surface area (Å²) in [4.78, 5) is 27.0. The lowest BCUT2D eigenvalue weighted by Gasteiger charge is -2.13. The number of carbonyl (C=O) groups excluding carboxylic acids is 2. The van der Waals surface area contributed by atoms with Gasteiger partial charge in [0.05, 0.1) is 12.5 Å². The van der Waals surface area contributed by atoms with Crippen molar-refractivity contribution >= 4 is 11.7 Å². The summed E-state index contributed by atoms with van der Waals surface area (Å²) in [5.41, 5.74) is 0. The van der Waals surface area contributed by atoms with Crippen LogP contribution in [0.1, 0.15) is 26.7 Å². The Bertz CT molecular complexity index is 202. The number of rotatable bonds is 3. The van der Waals surface area contributed by atoms with Gasteiger partial charge in [-0.1, -0.05) is 6.92 Å². The maximum atomic E-state index is 11.1. The molecule has 4 nitrogen and oxygen atoms in total. The third-order valence-corrected chi connectivity index (χ3v) is 1.78. The molecule has 1 rings (SSSR count). The average Bonchev–Trinajstić information content (AvgIpc) is 2.31. The number of hydroxylamine groups is 2. The second kappa shape index (κ2) is 3.67. The fourth-order valence-electron chi connectivity index (χ4n) is 1.12. The molecule has 0 aromatic rings. The summed E-state index contributed by atoms with van der Waals surface area (Å²) in [5, 5.41) is 1.16. The molecule has 0 spiro atoms. The lowest BCUT2D eigenvalue weighted by atomic mass is 10.2. The van der Waals surface area contributed by atoms with Crippen LogP contribution in [-0.2, 0) is 14.4 Å². The summed E-state index contributed by atoms with van der Waals surface area (Å²) in [6.07, 6.45) is 1.18. The van der Waals surface area contributed by atoms with Crippen LogP contribution in [0, 0.1) is 0 Å². The van der Waals surface area contributed by atoms with Gasteiger partial charge in [-0.05, 0) is 13.3 Å². The van der Waals surface area contributed by atoms with Gasteiger partial charge in [0.1, 0.15) is 6.54 Å². The Labute approximate surface area is 71.4 Å². The molecule has 1 atom stereocenters. The van der Waals surface area contributed by atoms with Gasteiger partial charge in [0, 0.05) is 0 Å². The first-order valence-electron chi connectivity index (χ1n) is 4.10. The van der Waals surface area contributed by atoms with Crippen molar-refractivity contribution in [2.75, 3.05) is 6.54 Å². The Morgan fingerprint density at radius 2 is 2.42 bits per heavy atom. The number of hydrogen-bond acceptors (Lipinski definition) is 3. The molecule has 0 bridgehead atoms. The summed E-state index contributed by atoms with van der Waals surface area (Å²) in [7, 11) is 0. The fraction of sp³-hybridized carbons (Fsp3) is 0.750. The molecular formula is C8H13NO3. The van der Waals surface area contributed by atoms with Gasteiger partial charge in [0.15, 0.2) is 5.78 Å². The molecule has 0 aromatic heterocycles. The third-order valence-electron chi connectivity index (χ3n) is 1.78. The first-order valence-corrected chi connectivity index (χ1v) is 4.10. The van der Waals surface area contributed by atoms with Crippen molar-refractivity contribution in [3.05, 3.63) is 0 Å². The zero-order valence-corrected chi connectivity index (χ0v) is 7.37. The first kappa shape index (κ1) is 9.19. The lowest BCUT2D eigenvalue weighted by Crippen LogP contribution is -2.28. The molecule has 1 aliphatic heterocycles. The topological polar surface area (TPSA) is 46.6 Å². The zero-order chi connectivity index (χ0) is 9.14. The van der Waals surface area contributed by atoms with Crippen LogP contribution in [0.15, 0.2) is 0 Å². The van der Waals surface area contributed by atoms with Crippen molar-refractivity contribution < 1.29 is 14.4 Å². The second-order valence-corrected chi connectivity index (χ2v) is 2.97. The fourth-order valence-corrected chi connectivity index (χ4v) is 1.12. The highest BCUT2D eigenvalue weighted by atomic mass is 16.7. The second-order valence-electron chi connectivity index (χ2n) is 2.97. The van der Waals surface area contributed by atoms with Gasteiger partial charge >= 0.3 is 0 Å². The van der Waals surface area contributed by atoms with Gasteiger partial charge in [-0.15, -0.1) is 0 Å². The lowest BCUT2D eigenvalue weighted by molar-refractivity contribution is -0.175. The van der Waals surface area contributed by atoms with Crippen LogP contribution < -0.4 is 0 Å². The average molecular weight is 171 g/mol. The van der Waals surface area contributed by atoms with E-state index in [0.29, 0.717) is 6.42 Å². The van der Waals surface area contributed by atoms with Crippen LogP contribution in [0.5, 0.6) is 0 Å². The van der Waals surface area contributed by atoms with Crippen molar-refractivity contribution in [2.24, 2.45) is 0 Å². The summed E-state index contributed by atoms with van der Waals surface area (Å²) < 4.78 is 0. The summed E-state index contributed by atoms with van der Waals surface area (Å²) in [6, 6.07) is 0. The van der Waals surface area contributed by atoms with E-state index in [1.807, 2.05) is 6.92 Å². The van der Waals surface area contributed by atoms with Crippen LogP contribution in [-0.4, -0.2) is 29.4 Å². The summed E-state index contributed by atoms with van der Waals surface area (Å²) >= 11 is 0. The van der Waals surface area contributed by atoms with E-state index < -0.39 is 0 Å². The van der Waals surface area contributed by atoms with E-state index in [0.717, 1.165) is 11.5 Å². The van der Waals surface area contributed by atoms with Gasteiger partial charge in [-0.25, -0.2) is 5.06 Å². The SMILES string of the molecule is CCC1CC(=O)N(CC(C)=O)O1. The van der Waals surface area contributed by atoms with E-state index in [9.17, 15) is 9.59 Å². The molecular weight excluding hydrogens is 158 g/mol. The van der Waals surface area contributed by atoms with Crippen LogP contribution in [0.2, 0.25) is 0 Å². The molecule has 1 aliphatic rings. The highest BCUT2D eigenvalue weighted by Gasteiger charge is 2.30. The Hall–Kier alpha value is -0.900. The molecule has 0 saturated carbocycles. The minimum absolute atomic E-state index is 0.0307. The summed E-state index contributed by atoms with van der Waals surface area (Å²) in [6.45, 7) is 3.47. The molecule has 1 fully saturated rings. The van der Waals surface area contributed by atoms with E-state index >= 15 is 0 Å². The maximum absolute atomic E-state index is 11.1. The number of hydrogen-bond donors (Lipinski definition) is 0. The highest BCUT2D eigenvalue weighted by molar-refractivity contribution is 5.84. The number of ketones is 1. The molecule has 68 valence electrons. The normalized spacial score (nSPS) is 23.3. The molecule has 12 heavy (non-hydrogen) atoms. The molecule has 1 heterocycles. The van der Waals surface area contributed by atoms with E-state index in [4.69, 9.17) is 4.84 Å². The van der Waals surface area contributed by atoms with Crippen molar-refractivity contribution in [1.82, 2.24) is 5.06 Å². The predicted octanol–water partition coefficient (Wildman–Crippen LogP) is 0.518. The van der Waals surface area contributed by atoms with E-state index in [1.165, 1.54) is 6.92 Å². The quantitative estimate of drug-likeness (QED) is 0.621. The standard InChI is InChI=1S/C8H13NO3/c1-3-7-4-8(11)9(12-7)5-6(2)10/h7H,3-5H2,1-2H3. The van der Waals surface area contributed by atoms with Gasteiger partial charge in [0.2, 0.25) is 5.91 Å². The zero-order valence-electron chi connectivity index (χ0n) is 7.37. The molecule has 1 saturated heterocycles. The molecule has 0 N–H and O–H groups in total. The molecule has 0 radical (unpaired) electrons. The van der Waals surface area contributed by atoms with Crippen LogP contribution in [0.3, 0.4) is 0 Å². The monoisotopic (exact) mass is 171 g/mol. The number of carbonyl (C=O) groups is 2. The van der Waals surface area contributed by atoms with Crippen molar-refractivity contribution in [3.63, 3.8) is 0 Å². The molecule has 1 amide bonds. The summed E-state index contributed by atoms with van der Waals surface area (Å²) in [5.74, 6) is -0.142. The van der Waals surface area contributed by atoms with Gasteiger partial charge in [-0.3, -0.25) is 14.4 Å².